The van der Waals surface area contributed by atoms with Crippen molar-refractivity contribution in [3.8, 4) is 0 Å². The van der Waals surface area contributed by atoms with E-state index in [-0.39, 0.29) is 0 Å². The second kappa shape index (κ2) is 4.58. The van der Waals surface area contributed by atoms with Gasteiger partial charge < -0.3 is 0 Å². The first-order chi connectivity index (χ1) is 8.43. The highest BCUT2D eigenvalue weighted by Gasteiger charge is 1.96. The van der Waals surface area contributed by atoms with Gasteiger partial charge in [0.25, 0.3) is 0 Å². The summed E-state index contributed by atoms with van der Waals surface area (Å²) in [6.45, 7) is 0. The van der Waals surface area contributed by atoms with E-state index in [0.717, 1.165) is 0 Å². The Morgan fingerprint density at radius 3 is 1.65 bits per heavy atom. The molecule has 0 saturated heterocycles. The topological polar surface area (TPSA) is 0 Å². The summed E-state index contributed by atoms with van der Waals surface area (Å²) in [5, 5.41) is 4.88. The van der Waals surface area contributed by atoms with Crippen molar-refractivity contribution >= 4 is 21.5 Å². The summed E-state index contributed by atoms with van der Waals surface area (Å²) >= 11 is 0. The Morgan fingerprint density at radius 1 is 0.706 bits per heavy atom. The summed E-state index contributed by atoms with van der Waals surface area (Å²) in [6.07, 6.45) is 5.00. The minimum absolute atomic E-state index is 1.19. The fourth-order valence-corrected chi connectivity index (χ4v) is 1.79. The molecule has 0 aromatic heterocycles. The molecular formula is C17H14. The maximum absolute atomic E-state index is 3.41. The second-order valence-electron chi connectivity index (χ2n) is 4.31. The molecule has 0 heterocycles. The average molecular weight is 218 g/mol. The van der Waals surface area contributed by atoms with E-state index in [0.29, 0.717) is 0 Å². The van der Waals surface area contributed by atoms with Crippen LogP contribution in [0.5, 0.6) is 0 Å². The molecule has 3 aromatic carbocycles. The van der Waals surface area contributed by atoms with E-state index in [1.165, 1.54) is 34.4 Å². The lowest BCUT2D eigenvalue weighted by molar-refractivity contribution is 1.50. The molecule has 1 fully saturated rings. The Bertz CT molecular complexity index is 528. The summed E-state index contributed by atoms with van der Waals surface area (Å²) in [6, 6.07) is 22.3. The molecule has 2 radical (unpaired) electrons. The Hall–Kier alpha value is -1.82. The largest absolute Gasteiger partial charge is 0.0616 e. The molecule has 0 bridgehead atoms. The molecule has 17 heavy (non-hydrogen) atoms. The van der Waals surface area contributed by atoms with Crippen molar-refractivity contribution < 1.29 is 0 Å². The highest BCUT2D eigenvalue weighted by molar-refractivity contribution is 5.97. The smallest absolute Gasteiger partial charge is 0.00143 e. The summed E-state index contributed by atoms with van der Waals surface area (Å²) in [7, 11) is 0. The third kappa shape index (κ3) is 2.47. The third-order valence-electron chi connectivity index (χ3n) is 2.79. The zero-order chi connectivity index (χ0) is 11.5. The first-order valence-corrected chi connectivity index (χ1v) is 6.05. The van der Waals surface area contributed by atoms with E-state index in [2.05, 4.69) is 55.0 Å². The van der Waals surface area contributed by atoms with Crippen LogP contribution in [0.25, 0.3) is 21.5 Å². The normalized spacial score (nSPS) is 13.2. The fourth-order valence-electron chi connectivity index (χ4n) is 1.79. The van der Waals surface area contributed by atoms with Crippen molar-refractivity contribution in [2.75, 3.05) is 0 Å². The van der Waals surface area contributed by atoms with Crippen LogP contribution in [0.4, 0.5) is 0 Å². The number of fused-ring (bicyclic) bond motifs is 2. The van der Waals surface area contributed by atoms with Gasteiger partial charge in [-0.15, -0.1) is 0 Å². The van der Waals surface area contributed by atoms with Crippen LogP contribution in [-0.2, 0) is 0 Å². The predicted molar refractivity (Wildman–Crippen MR) is 73.8 cm³/mol. The van der Waals surface area contributed by atoms with Crippen LogP contribution < -0.4 is 0 Å². The molecule has 0 nitrogen and oxygen atoms in total. The minimum atomic E-state index is 1.19. The maximum Gasteiger partial charge on any atom is -0.00143 e. The van der Waals surface area contributed by atoms with Gasteiger partial charge in [-0.2, -0.15) is 0 Å². The Kier molecular flexibility index (Phi) is 2.79. The van der Waals surface area contributed by atoms with E-state index in [1.54, 1.807) is 0 Å². The van der Waals surface area contributed by atoms with Crippen molar-refractivity contribution in [2.24, 2.45) is 0 Å². The SMILES string of the molecule is [CH]1CC1.[c]1c2ccccc2cc2ccccc12. The van der Waals surface area contributed by atoms with Crippen molar-refractivity contribution in [1.82, 2.24) is 0 Å². The Balaban J connectivity index is 0.000000264. The van der Waals surface area contributed by atoms with Gasteiger partial charge in [-0.05, 0) is 52.9 Å². The van der Waals surface area contributed by atoms with Gasteiger partial charge in [0, 0.05) is 0 Å². The molecule has 1 saturated carbocycles. The molecule has 0 amide bonds. The van der Waals surface area contributed by atoms with Gasteiger partial charge in [0.15, 0.2) is 0 Å². The molecule has 0 spiro atoms. The molecule has 0 unspecified atom stereocenters. The van der Waals surface area contributed by atoms with E-state index in [1.807, 2.05) is 12.1 Å². The van der Waals surface area contributed by atoms with Crippen LogP contribution in [0.3, 0.4) is 0 Å². The number of hydrogen-bond acceptors (Lipinski definition) is 0. The van der Waals surface area contributed by atoms with Gasteiger partial charge in [-0.3, -0.25) is 0 Å². The van der Waals surface area contributed by atoms with Gasteiger partial charge in [-0.1, -0.05) is 48.5 Å². The van der Waals surface area contributed by atoms with Crippen LogP contribution in [0, 0.1) is 12.5 Å². The fraction of sp³-hybridized carbons (Fsp3) is 0.118. The molecular weight excluding hydrogens is 204 g/mol. The Morgan fingerprint density at radius 2 is 1.18 bits per heavy atom. The van der Waals surface area contributed by atoms with Crippen molar-refractivity contribution in [1.29, 1.82) is 0 Å². The lowest BCUT2D eigenvalue weighted by atomic mass is 10.0. The predicted octanol–water partition coefficient (Wildman–Crippen LogP) is 4.78. The highest BCUT2D eigenvalue weighted by atomic mass is 14.0. The standard InChI is InChI=1S/C14H9.C3H5/c1-2-6-12-10-14-8-4-3-7-13(14)9-11(12)5-1;1-2-3-1/h1-9H;1H,2-3H2. The minimum Gasteiger partial charge on any atom is -0.0616 e. The van der Waals surface area contributed by atoms with Crippen LogP contribution >= 0.6 is 0 Å². The summed E-state index contributed by atoms with van der Waals surface area (Å²) < 4.78 is 0. The van der Waals surface area contributed by atoms with Crippen LogP contribution in [-0.4, -0.2) is 0 Å². The molecule has 4 rings (SSSR count). The highest BCUT2D eigenvalue weighted by Crippen LogP contribution is 2.21. The first-order valence-electron chi connectivity index (χ1n) is 6.05. The van der Waals surface area contributed by atoms with Gasteiger partial charge in [0.1, 0.15) is 0 Å². The van der Waals surface area contributed by atoms with E-state index in [9.17, 15) is 0 Å². The molecule has 0 aliphatic heterocycles. The molecule has 3 aromatic rings. The summed E-state index contributed by atoms with van der Waals surface area (Å²) in [5.74, 6) is 0. The van der Waals surface area contributed by atoms with Crippen LogP contribution in [0.1, 0.15) is 12.8 Å². The number of rotatable bonds is 0. The Labute approximate surface area is 102 Å². The zero-order valence-electron chi connectivity index (χ0n) is 9.69. The van der Waals surface area contributed by atoms with Gasteiger partial charge in [-0.25, -0.2) is 0 Å². The lowest BCUT2D eigenvalue weighted by Gasteiger charge is -2.00. The van der Waals surface area contributed by atoms with Gasteiger partial charge in [0.05, 0.1) is 0 Å². The van der Waals surface area contributed by atoms with Gasteiger partial charge in [0.2, 0.25) is 0 Å². The van der Waals surface area contributed by atoms with Crippen LogP contribution in [0.15, 0.2) is 54.6 Å². The number of hydrogen-bond donors (Lipinski definition) is 0. The number of benzene rings is 3. The molecule has 82 valence electrons. The average Bonchev–Trinajstić information content (AvgIpc) is 3.24. The molecule has 0 atom stereocenters. The van der Waals surface area contributed by atoms with Gasteiger partial charge >= 0.3 is 0 Å². The van der Waals surface area contributed by atoms with Crippen molar-refractivity contribution in [2.45, 2.75) is 12.8 Å². The molecule has 0 N–H and O–H groups in total. The first kappa shape index (κ1) is 10.3. The molecule has 1 aliphatic rings. The van der Waals surface area contributed by atoms with E-state index < -0.39 is 0 Å². The zero-order valence-corrected chi connectivity index (χ0v) is 9.69. The third-order valence-corrected chi connectivity index (χ3v) is 2.79. The monoisotopic (exact) mass is 218 g/mol. The quantitative estimate of drug-likeness (QED) is 0.476. The second-order valence-corrected chi connectivity index (χ2v) is 4.31. The molecule has 1 aliphatic carbocycles. The summed E-state index contributed by atoms with van der Waals surface area (Å²) in [5.41, 5.74) is 0. The van der Waals surface area contributed by atoms with Crippen molar-refractivity contribution in [3.63, 3.8) is 0 Å². The lowest BCUT2D eigenvalue weighted by Crippen LogP contribution is -1.75. The maximum atomic E-state index is 3.41. The van der Waals surface area contributed by atoms with E-state index >= 15 is 0 Å². The van der Waals surface area contributed by atoms with Crippen LogP contribution in [0.2, 0.25) is 0 Å². The van der Waals surface area contributed by atoms with E-state index in [4.69, 9.17) is 0 Å². The molecule has 0 heteroatoms. The van der Waals surface area contributed by atoms with Crippen molar-refractivity contribution in [3.05, 3.63) is 67.1 Å². The summed E-state index contributed by atoms with van der Waals surface area (Å²) in [4.78, 5) is 0.